The van der Waals surface area contributed by atoms with Crippen molar-refractivity contribution < 1.29 is 13.2 Å². The molecular formula is C10H10BrN5O3S. The second kappa shape index (κ2) is 5.31. The van der Waals surface area contributed by atoms with E-state index < -0.39 is 15.9 Å². The third-order valence-electron chi connectivity index (χ3n) is 2.32. The number of aromatic amines is 1. The van der Waals surface area contributed by atoms with Gasteiger partial charge < -0.3 is 5.32 Å². The van der Waals surface area contributed by atoms with Crippen LogP contribution in [0.25, 0.3) is 0 Å². The summed E-state index contributed by atoms with van der Waals surface area (Å²) in [6.07, 6.45) is 0. The van der Waals surface area contributed by atoms with E-state index in [0.717, 1.165) is 0 Å². The maximum Gasteiger partial charge on any atom is 0.295 e. The molecule has 0 aliphatic heterocycles. The number of nitrogens with one attached hydrogen (secondary N) is 2. The molecular weight excluding hydrogens is 350 g/mol. The standard InChI is InChI=1S/C10H10BrN5O3S/c1-5-13-9(16-15-5)10(17)14-8-3-2-6(4-7(8)11)20(12,18)19/h2-4H,1H3,(H,14,17)(H2,12,18,19)(H,13,15,16). The van der Waals surface area contributed by atoms with E-state index in [1.54, 1.807) is 6.92 Å². The zero-order chi connectivity index (χ0) is 14.9. The Balaban J connectivity index is 2.25. The molecule has 4 N–H and O–H groups in total. The van der Waals surface area contributed by atoms with Gasteiger partial charge in [0.25, 0.3) is 5.91 Å². The summed E-state index contributed by atoms with van der Waals surface area (Å²) in [7, 11) is -3.79. The Labute approximate surface area is 123 Å². The molecule has 1 amide bonds. The molecule has 1 aromatic carbocycles. The molecule has 0 bridgehead atoms. The first-order chi connectivity index (χ1) is 9.27. The number of primary sulfonamides is 1. The predicted molar refractivity (Wildman–Crippen MR) is 74.6 cm³/mol. The van der Waals surface area contributed by atoms with Crippen molar-refractivity contribution in [1.82, 2.24) is 15.2 Å². The molecule has 0 saturated heterocycles. The molecule has 0 saturated carbocycles. The van der Waals surface area contributed by atoms with Crippen molar-refractivity contribution in [2.24, 2.45) is 5.14 Å². The van der Waals surface area contributed by atoms with E-state index in [1.807, 2.05) is 0 Å². The van der Waals surface area contributed by atoms with Crippen LogP contribution in [0.5, 0.6) is 0 Å². The lowest BCUT2D eigenvalue weighted by molar-refractivity contribution is 0.101. The fraction of sp³-hybridized carbons (Fsp3) is 0.100. The van der Waals surface area contributed by atoms with Gasteiger partial charge in [-0.15, -0.1) is 5.10 Å². The number of anilines is 1. The fourth-order valence-electron chi connectivity index (χ4n) is 1.40. The summed E-state index contributed by atoms with van der Waals surface area (Å²) in [5.74, 6) is -0.0119. The van der Waals surface area contributed by atoms with Crippen molar-refractivity contribution in [3.63, 3.8) is 0 Å². The smallest absolute Gasteiger partial charge is 0.295 e. The molecule has 0 atom stereocenters. The highest BCUT2D eigenvalue weighted by molar-refractivity contribution is 9.10. The highest BCUT2D eigenvalue weighted by atomic mass is 79.9. The second-order valence-electron chi connectivity index (χ2n) is 3.89. The van der Waals surface area contributed by atoms with Gasteiger partial charge in [0.05, 0.1) is 10.6 Å². The van der Waals surface area contributed by atoms with E-state index in [0.29, 0.717) is 16.0 Å². The Hall–Kier alpha value is -1.78. The van der Waals surface area contributed by atoms with Crippen LogP contribution in [0.3, 0.4) is 0 Å². The van der Waals surface area contributed by atoms with Crippen LogP contribution in [-0.2, 0) is 10.0 Å². The van der Waals surface area contributed by atoms with E-state index in [2.05, 4.69) is 36.4 Å². The lowest BCUT2D eigenvalue weighted by atomic mass is 10.3. The van der Waals surface area contributed by atoms with Crippen LogP contribution in [0.15, 0.2) is 27.6 Å². The lowest BCUT2D eigenvalue weighted by Crippen LogP contribution is -2.15. The number of carbonyl (C=O) groups excluding carboxylic acids is 1. The highest BCUT2D eigenvalue weighted by Crippen LogP contribution is 2.25. The molecule has 0 unspecified atom stereocenters. The SMILES string of the molecule is Cc1nc(C(=O)Nc2ccc(S(N)(=O)=O)cc2Br)n[nH]1. The molecule has 0 spiro atoms. The van der Waals surface area contributed by atoms with Gasteiger partial charge in [-0.1, -0.05) is 0 Å². The normalized spacial score (nSPS) is 11.3. The van der Waals surface area contributed by atoms with Crippen LogP contribution in [0.4, 0.5) is 5.69 Å². The molecule has 0 aliphatic rings. The second-order valence-corrected chi connectivity index (χ2v) is 6.30. The number of sulfonamides is 1. The molecule has 0 aliphatic carbocycles. The van der Waals surface area contributed by atoms with Gasteiger partial charge >= 0.3 is 0 Å². The number of benzene rings is 1. The minimum absolute atomic E-state index is 0.00933. The average Bonchev–Trinajstić information content (AvgIpc) is 2.77. The fourth-order valence-corrected chi connectivity index (χ4v) is 2.57. The number of hydrogen-bond acceptors (Lipinski definition) is 5. The van der Waals surface area contributed by atoms with Crippen LogP contribution >= 0.6 is 15.9 Å². The molecule has 20 heavy (non-hydrogen) atoms. The number of amides is 1. The monoisotopic (exact) mass is 359 g/mol. The minimum atomic E-state index is -3.79. The van der Waals surface area contributed by atoms with Crippen molar-refractivity contribution in [3.8, 4) is 0 Å². The Morgan fingerprint density at radius 1 is 1.45 bits per heavy atom. The number of aromatic nitrogens is 3. The largest absolute Gasteiger partial charge is 0.318 e. The summed E-state index contributed by atoms with van der Waals surface area (Å²) >= 11 is 3.16. The van der Waals surface area contributed by atoms with Crippen molar-refractivity contribution in [2.45, 2.75) is 11.8 Å². The maximum atomic E-state index is 11.8. The zero-order valence-corrected chi connectivity index (χ0v) is 12.6. The van der Waals surface area contributed by atoms with Crippen LogP contribution in [-0.4, -0.2) is 29.5 Å². The van der Waals surface area contributed by atoms with Crippen molar-refractivity contribution in [3.05, 3.63) is 34.3 Å². The van der Waals surface area contributed by atoms with E-state index in [4.69, 9.17) is 5.14 Å². The number of H-pyrrole nitrogens is 1. The summed E-state index contributed by atoms with van der Waals surface area (Å²) in [5, 5.41) is 13.8. The Morgan fingerprint density at radius 2 is 2.15 bits per heavy atom. The number of hydrogen-bond donors (Lipinski definition) is 3. The van der Waals surface area contributed by atoms with Crippen LogP contribution < -0.4 is 10.5 Å². The van der Waals surface area contributed by atoms with Crippen molar-refractivity contribution in [2.75, 3.05) is 5.32 Å². The average molecular weight is 360 g/mol. The molecule has 1 heterocycles. The lowest BCUT2D eigenvalue weighted by Gasteiger charge is -2.07. The van der Waals surface area contributed by atoms with E-state index in [9.17, 15) is 13.2 Å². The number of carbonyl (C=O) groups is 1. The topological polar surface area (TPSA) is 131 Å². The van der Waals surface area contributed by atoms with Crippen LogP contribution in [0, 0.1) is 6.92 Å². The molecule has 1 aromatic heterocycles. The summed E-state index contributed by atoms with van der Waals surface area (Å²) in [4.78, 5) is 15.7. The Bertz CT molecular complexity index is 771. The maximum absolute atomic E-state index is 11.8. The van der Waals surface area contributed by atoms with Crippen LogP contribution in [0.2, 0.25) is 0 Å². The van der Waals surface area contributed by atoms with Gasteiger partial charge in [-0.05, 0) is 41.1 Å². The van der Waals surface area contributed by atoms with E-state index in [1.165, 1.54) is 18.2 Å². The number of nitrogens with two attached hydrogens (primary N) is 1. The highest BCUT2D eigenvalue weighted by Gasteiger charge is 2.15. The molecule has 0 fully saturated rings. The molecule has 0 radical (unpaired) electrons. The summed E-state index contributed by atoms with van der Waals surface area (Å²) in [6, 6.07) is 4.01. The van der Waals surface area contributed by atoms with Gasteiger partial charge in [-0.25, -0.2) is 18.5 Å². The number of nitrogens with zero attached hydrogens (tertiary/aromatic N) is 2. The van der Waals surface area contributed by atoms with Gasteiger partial charge in [0.15, 0.2) is 0 Å². The predicted octanol–water partition coefficient (Wildman–Crippen LogP) is 0.775. The molecule has 2 aromatic rings. The minimum Gasteiger partial charge on any atom is -0.318 e. The molecule has 106 valence electrons. The van der Waals surface area contributed by atoms with Gasteiger partial charge in [0.1, 0.15) is 5.82 Å². The first-order valence-corrected chi connectivity index (χ1v) is 7.64. The molecule has 2 rings (SSSR count). The summed E-state index contributed by atoms with van der Waals surface area (Å²) in [5.41, 5.74) is 0.379. The first kappa shape index (κ1) is 14.6. The first-order valence-electron chi connectivity index (χ1n) is 5.30. The van der Waals surface area contributed by atoms with Crippen LogP contribution in [0.1, 0.15) is 16.4 Å². The zero-order valence-electron chi connectivity index (χ0n) is 10.2. The van der Waals surface area contributed by atoms with Gasteiger partial charge in [0.2, 0.25) is 15.8 Å². The molecule has 10 heteroatoms. The van der Waals surface area contributed by atoms with Crippen molar-refractivity contribution in [1.29, 1.82) is 0 Å². The van der Waals surface area contributed by atoms with E-state index >= 15 is 0 Å². The summed E-state index contributed by atoms with van der Waals surface area (Å²) in [6.45, 7) is 1.67. The third kappa shape index (κ3) is 3.21. The van der Waals surface area contributed by atoms with Gasteiger partial charge in [0, 0.05) is 4.47 Å². The van der Waals surface area contributed by atoms with Crippen molar-refractivity contribution >= 4 is 37.5 Å². The Morgan fingerprint density at radius 3 is 2.65 bits per heavy atom. The summed E-state index contributed by atoms with van der Waals surface area (Å²) < 4.78 is 22.8. The quantitative estimate of drug-likeness (QED) is 0.744. The van der Waals surface area contributed by atoms with E-state index in [-0.39, 0.29) is 10.7 Å². The van der Waals surface area contributed by atoms with Gasteiger partial charge in [-0.2, -0.15) is 0 Å². The Kier molecular flexibility index (Phi) is 3.88. The molecule has 8 nitrogen and oxygen atoms in total. The number of aryl methyl sites for hydroxylation is 1. The number of halogens is 1. The van der Waals surface area contributed by atoms with Gasteiger partial charge in [-0.3, -0.25) is 9.89 Å². The third-order valence-corrected chi connectivity index (χ3v) is 3.88. The number of rotatable bonds is 3.